The molecular weight excluding hydrogens is 204 g/mol. The molecule has 1 aliphatic heterocycles. The number of nitrogens with zero attached hydrogens (tertiary/aromatic N) is 1. The maximum atomic E-state index is 9.66. The van der Waals surface area contributed by atoms with E-state index in [0.29, 0.717) is 12.2 Å². The molecule has 2 heterocycles. The van der Waals surface area contributed by atoms with Crippen LogP contribution in [0.4, 0.5) is 0 Å². The fourth-order valence-electron chi connectivity index (χ4n) is 1.84. The van der Waals surface area contributed by atoms with Gasteiger partial charge in [-0.2, -0.15) is 0 Å². The van der Waals surface area contributed by atoms with Crippen LogP contribution in [0.5, 0.6) is 5.75 Å². The standard InChI is InChI=1S/C12H18N2O2/c1-9-3-4-11(15)10(14-9)7-13-12(2)5-6-16-8-12/h3-4,13,15H,5-8H2,1-2H3. The minimum atomic E-state index is 0.0118. The van der Waals surface area contributed by atoms with E-state index in [1.807, 2.05) is 6.92 Å². The Morgan fingerprint density at radius 2 is 2.38 bits per heavy atom. The maximum Gasteiger partial charge on any atom is 0.138 e. The summed E-state index contributed by atoms with van der Waals surface area (Å²) in [6.07, 6.45) is 1.000. The molecule has 4 heteroatoms. The van der Waals surface area contributed by atoms with Crippen molar-refractivity contribution in [2.45, 2.75) is 32.4 Å². The van der Waals surface area contributed by atoms with Crippen molar-refractivity contribution < 1.29 is 9.84 Å². The van der Waals surface area contributed by atoms with Gasteiger partial charge in [-0.3, -0.25) is 4.98 Å². The van der Waals surface area contributed by atoms with Gasteiger partial charge in [0.15, 0.2) is 0 Å². The first kappa shape index (κ1) is 11.4. The van der Waals surface area contributed by atoms with Crippen LogP contribution in [0.2, 0.25) is 0 Å². The SMILES string of the molecule is Cc1ccc(O)c(CNC2(C)CCOC2)n1. The highest BCUT2D eigenvalue weighted by molar-refractivity contribution is 5.27. The van der Waals surface area contributed by atoms with Crippen LogP contribution in [-0.2, 0) is 11.3 Å². The van der Waals surface area contributed by atoms with Crippen molar-refractivity contribution in [3.05, 3.63) is 23.5 Å². The molecule has 1 aromatic heterocycles. The molecule has 4 nitrogen and oxygen atoms in total. The number of ether oxygens (including phenoxy) is 1. The predicted octanol–water partition coefficient (Wildman–Crippen LogP) is 1.36. The van der Waals surface area contributed by atoms with Gasteiger partial charge in [0.1, 0.15) is 5.75 Å². The zero-order valence-electron chi connectivity index (χ0n) is 9.79. The highest BCUT2D eigenvalue weighted by atomic mass is 16.5. The van der Waals surface area contributed by atoms with Crippen LogP contribution in [0.15, 0.2) is 12.1 Å². The Kier molecular flexibility index (Phi) is 3.12. The lowest BCUT2D eigenvalue weighted by molar-refractivity contribution is 0.171. The molecule has 16 heavy (non-hydrogen) atoms. The smallest absolute Gasteiger partial charge is 0.138 e. The van der Waals surface area contributed by atoms with E-state index >= 15 is 0 Å². The Hall–Kier alpha value is -1.13. The second kappa shape index (κ2) is 4.39. The molecule has 0 aliphatic carbocycles. The molecule has 2 rings (SSSR count). The number of aryl methyl sites for hydroxylation is 1. The summed E-state index contributed by atoms with van der Waals surface area (Å²) in [6.45, 7) is 6.15. The summed E-state index contributed by atoms with van der Waals surface area (Å²) in [5.41, 5.74) is 1.63. The molecule has 1 atom stereocenters. The molecule has 1 unspecified atom stereocenters. The number of hydrogen-bond donors (Lipinski definition) is 2. The van der Waals surface area contributed by atoms with E-state index in [-0.39, 0.29) is 11.3 Å². The number of nitrogens with one attached hydrogen (secondary N) is 1. The molecule has 1 saturated heterocycles. The minimum absolute atomic E-state index is 0.0118. The van der Waals surface area contributed by atoms with Crippen LogP contribution in [0.3, 0.4) is 0 Å². The topological polar surface area (TPSA) is 54.4 Å². The van der Waals surface area contributed by atoms with Crippen molar-refractivity contribution in [1.82, 2.24) is 10.3 Å². The third kappa shape index (κ3) is 2.51. The fraction of sp³-hybridized carbons (Fsp3) is 0.583. The molecule has 2 N–H and O–H groups in total. The normalized spacial score (nSPS) is 24.9. The highest BCUT2D eigenvalue weighted by Crippen LogP contribution is 2.20. The zero-order chi connectivity index (χ0) is 11.6. The van der Waals surface area contributed by atoms with E-state index in [0.717, 1.165) is 25.3 Å². The number of pyridine rings is 1. The average molecular weight is 222 g/mol. The van der Waals surface area contributed by atoms with Crippen LogP contribution >= 0.6 is 0 Å². The van der Waals surface area contributed by atoms with Crippen LogP contribution < -0.4 is 5.32 Å². The first-order valence-electron chi connectivity index (χ1n) is 5.57. The Morgan fingerprint density at radius 3 is 3.06 bits per heavy atom. The molecule has 1 fully saturated rings. The van der Waals surface area contributed by atoms with Gasteiger partial charge in [0.05, 0.1) is 12.3 Å². The molecule has 0 radical (unpaired) electrons. The van der Waals surface area contributed by atoms with Crippen LogP contribution in [0.25, 0.3) is 0 Å². The summed E-state index contributed by atoms with van der Waals surface area (Å²) < 4.78 is 5.36. The fourth-order valence-corrected chi connectivity index (χ4v) is 1.84. The van der Waals surface area contributed by atoms with Crippen molar-refractivity contribution in [3.63, 3.8) is 0 Å². The molecule has 0 saturated carbocycles. The van der Waals surface area contributed by atoms with Gasteiger partial charge in [0.25, 0.3) is 0 Å². The summed E-state index contributed by atoms with van der Waals surface area (Å²) in [4.78, 5) is 4.31. The van der Waals surface area contributed by atoms with E-state index in [2.05, 4.69) is 17.2 Å². The van der Waals surface area contributed by atoms with E-state index in [4.69, 9.17) is 4.74 Å². The number of rotatable bonds is 3. The van der Waals surface area contributed by atoms with Crippen molar-refractivity contribution in [3.8, 4) is 5.75 Å². The van der Waals surface area contributed by atoms with Crippen LogP contribution in [0, 0.1) is 6.92 Å². The largest absolute Gasteiger partial charge is 0.506 e. The zero-order valence-corrected chi connectivity index (χ0v) is 9.79. The van der Waals surface area contributed by atoms with Gasteiger partial charge >= 0.3 is 0 Å². The molecule has 0 amide bonds. The molecule has 88 valence electrons. The Bertz CT molecular complexity index is 373. The summed E-state index contributed by atoms with van der Waals surface area (Å²) in [6, 6.07) is 3.49. The lowest BCUT2D eigenvalue weighted by Gasteiger charge is -2.23. The summed E-state index contributed by atoms with van der Waals surface area (Å²) in [5.74, 6) is 0.251. The van der Waals surface area contributed by atoms with Gasteiger partial charge in [-0.15, -0.1) is 0 Å². The van der Waals surface area contributed by atoms with Gasteiger partial charge < -0.3 is 15.2 Å². The van der Waals surface area contributed by atoms with E-state index in [9.17, 15) is 5.11 Å². The monoisotopic (exact) mass is 222 g/mol. The van der Waals surface area contributed by atoms with Gasteiger partial charge in [-0.25, -0.2) is 0 Å². The van der Waals surface area contributed by atoms with Crippen molar-refractivity contribution >= 4 is 0 Å². The van der Waals surface area contributed by atoms with Gasteiger partial charge in [0, 0.05) is 24.4 Å². The summed E-state index contributed by atoms with van der Waals surface area (Å²) >= 11 is 0. The average Bonchev–Trinajstić information content (AvgIpc) is 2.67. The highest BCUT2D eigenvalue weighted by Gasteiger charge is 2.29. The van der Waals surface area contributed by atoms with E-state index in [1.165, 1.54) is 0 Å². The van der Waals surface area contributed by atoms with Crippen molar-refractivity contribution in [1.29, 1.82) is 0 Å². The first-order valence-corrected chi connectivity index (χ1v) is 5.57. The molecule has 1 aliphatic rings. The second-order valence-electron chi connectivity index (χ2n) is 4.64. The van der Waals surface area contributed by atoms with E-state index < -0.39 is 0 Å². The molecule has 0 bridgehead atoms. The second-order valence-corrected chi connectivity index (χ2v) is 4.64. The molecule has 1 aromatic rings. The lowest BCUT2D eigenvalue weighted by atomic mass is 10.0. The Labute approximate surface area is 95.7 Å². The van der Waals surface area contributed by atoms with Crippen LogP contribution in [0.1, 0.15) is 24.7 Å². The predicted molar refractivity (Wildman–Crippen MR) is 61.3 cm³/mol. The minimum Gasteiger partial charge on any atom is -0.506 e. The van der Waals surface area contributed by atoms with Gasteiger partial charge in [-0.1, -0.05) is 0 Å². The lowest BCUT2D eigenvalue weighted by Crippen LogP contribution is -2.42. The molecular formula is C12H18N2O2. The van der Waals surface area contributed by atoms with E-state index in [1.54, 1.807) is 12.1 Å². The maximum absolute atomic E-state index is 9.66. The number of hydrogen-bond acceptors (Lipinski definition) is 4. The first-order chi connectivity index (χ1) is 7.59. The van der Waals surface area contributed by atoms with Gasteiger partial charge in [0.2, 0.25) is 0 Å². The third-order valence-electron chi connectivity index (χ3n) is 2.99. The van der Waals surface area contributed by atoms with Crippen molar-refractivity contribution in [2.24, 2.45) is 0 Å². The molecule has 0 spiro atoms. The van der Waals surface area contributed by atoms with Crippen molar-refractivity contribution in [2.75, 3.05) is 13.2 Å². The Balaban J connectivity index is 2.01. The Morgan fingerprint density at radius 1 is 1.56 bits per heavy atom. The summed E-state index contributed by atoms with van der Waals surface area (Å²) in [5, 5.41) is 13.1. The van der Waals surface area contributed by atoms with Crippen LogP contribution in [-0.4, -0.2) is 28.8 Å². The summed E-state index contributed by atoms with van der Waals surface area (Å²) in [7, 11) is 0. The number of aromatic nitrogens is 1. The number of aromatic hydroxyl groups is 1. The van der Waals surface area contributed by atoms with Gasteiger partial charge in [-0.05, 0) is 32.4 Å². The molecule has 0 aromatic carbocycles. The quantitative estimate of drug-likeness (QED) is 0.811. The third-order valence-corrected chi connectivity index (χ3v) is 2.99.